The molecule has 3 rings (SSSR count). The zero-order valence-corrected chi connectivity index (χ0v) is 13.0. The quantitative estimate of drug-likeness (QED) is 0.814. The zero-order valence-electron chi connectivity index (χ0n) is 13.0. The van der Waals surface area contributed by atoms with Crippen molar-refractivity contribution in [2.75, 3.05) is 13.1 Å². The maximum Gasteiger partial charge on any atom is 0.342 e. The van der Waals surface area contributed by atoms with Crippen molar-refractivity contribution >= 4 is 11.9 Å². The van der Waals surface area contributed by atoms with E-state index in [1.54, 1.807) is 30.0 Å². The third kappa shape index (κ3) is 3.28. The van der Waals surface area contributed by atoms with Crippen molar-refractivity contribution in [3.05, 3.63) is 59.5 Å². The molecule has 1 aliphatic heterocycles. The summed E-state index contributed by atoms with van der Waals surface area (Å²) in [6.07, 6.45) is 2.49. The first-order valence-corrected chi connectivity index (χ1v) is 7.75. The van der Waals surface area contributed by atoms with E-state index in [4.69, 9.17) is 9.15 Å². The Kier molecular flexibility index (Phi) is 4.46. The Labute approximate surface area is 134 Å². The molecule has 0 unspecified atom stereocenters. The van der Waals surface area contributed by atoms with E-state index in [0.717, 1.165) is 12.8 Å². The standard InChI is InChI=1S/C18H19NO4/c1-13-15(9-12-22-13)18(21)23-16(14-7-3-2-4-8-14)17(20)19-10-5-6-11-19/h2-4,7-9,12,16H,5-6,10-11H2,1H3/t16-/m1/s1. The molecule has 0 N–H and O–H groups in total. The predicted octanol–water partition coefficient (Wildman–Crippen LogP) is 3.11. The second-order valence-electron chi connectivity index (χ2n) is 5.62. The number of ether oxygens (including phenoxy) is 1. The molecule has 1 aromatic heterocycles. The summed E-state index contributed by atoms with van der Waals surface area (Å²) in [7, 11) is 0. The molecule has 0 spiro atoms. The van der Waals surface area contributed by atoms with Gasteiger partial charge in [0, 0.05) is 18.7 Å². The number of esters is 1. The van der Waals surface area contributed by atoms with Crippen LogP contribution in [-0.4, -0.2) is 29.9 Å². The Hall–Kier alpha value is -2.56. The first-order chi connectivity index (χ1) is 11.2. The van der Waals surface area contributed by atoms with Crippen molar-refractivity contribution in [2.24, 2.45) is 0 Å². The molecule has 1 aromatic carbocycles. The summed E-state index contributed by atoms with van der Waals surface area (Å²) in [5, 5.41) is 0. The maximum absolute atomic E-state index is 12.8. The third-order valence-electron chi connectivity index (χ3n) is 4.05. The normalized spacial score (nSPS) is 15.4. The number of amides is 1. The minimum atomic E-state index is -0.920. The Bertz CT molecular complexity index is 686. The van der Waals surface area contributed by atoms with E-state index < -0.39 is 12.1 Å². The molecule has 0 aliphatic carbocycles. The van der Waals surface area contributed by atoms with E-state index in [1.165, 1.54) is 6.26 Å². The molecule has 1 fully saturated rings. The predicted molar refractivity (Wildman–Crippen MR) is 83.9 cm³/mol. The first kappa shape index (κ1) is 15.3. The second kappa shape index (κ2) is 6.69. The minimum absolute atomic E-state index is 0.164. The van der Waals surface area contributed by atoms with E-state index in [1.807, 2.05) is 18.2 Å². The Morgan fingerprint density at radius 3 is 2.43 bits per heavy atom. The van der Waals surface area contributed by atoms with Crippen LogP contribution < -0.4 is 0 Å². The number of rotatable bonds is 4. The Balaban J connectivity index is 1.84. The van der Waals surface area contributed by atoms with Crippen molar-refractivity contribution in [3.8, 4) is 0 Å². The molecule has 0 bridgehead atoms. The molecule has 0 radical (unpaired) electrons. The van der Waals surface area contributed by atoms with Crippen molar-refractivity contribution < 1.29 is 18.7 Å². The lowest BCUT2D eigenvalue weighted by molar-refractivity contribution is -0.140. The van der Waals surface area contributed by atoms with Gasteiger partial charge in [-0.15, -0.1) is 0 Å². The van der Waals surface area contributed by atoms with Crippen LogP contribution in [0.3, 0.4) is 0 Å². The third-order valence-corrected chi connectivity index (χ3v) is 4.05. The average Bonchev–Trinajstić information content (AvgIpc) is 3.24. The summed E-state index contributed by atoms with van der Waals surface area (Å²) in [6, 6.07) is 10.7. The van der Waals surface area contributed by atoms with Crippen molar-refractivity contribution in [1.82, 2.24) is 4.90 Å². The maximum atomic E-state index is 12.8. The van der Waals surface area contributed by atoms with E-state index in [2.05, 4.69) is 0 Å². The first-order valence-electron chi connectivity index (χ1n) is 7.75. The Morgan fingerprint density at radius 1 is 1.13 bits per heavy atom. The second-order valence-corrected chi connectivity index (χ2v) is 5.62. The lowest BCUT2D eigenvalue weighted by Crippen LogP contribution is -2.34. The van der Waals surface area contributed by atoms with Gasteiger partial charge >= 0.3 is 5.97 Å². The summed E-state index contributed by atoms with van der Waals surface area (Å²) >= 11 is 0. The van der Waals surface area contributed by atoms with Gasteiger partial charge in [0.1, 0.15) is 11.3 Å². The largest absolute Gasteiger partial charge is 0.469 e. The highest BCUT2D eigenvalue weighted by Gasteiger charge is 2.31. The molecule has 1 atom stereocenters. The SMILES string of the molecule is Cc1occc1C(=O)O[C@@H](C(=O)N1CCCC1)c1ccccc1. The summed E-state index contributed by atoms with van der Waals surface area (Å²) in [5.74, 6) is -0.226. The van der Waals surface area contributed by atoms with Gasteiger partial charge in [-0.1, -0.05) is 30.3 Å². The van der Waals surface area contributed by atoms with Crippen LogP contribution in [-0.2, 0) is 9.53 Å². The van der Waals surface area contributed by atoms with Gasteiger partial charge in [0.25, 0.3) is 5.91 Å². The molecule has 1 amide bonds. The van der Waals surface area contributed by atoms with E-state index in [0.29, 0.717) is 30.0 Å². The van der Waals surface area contributed by atoms with Gasteiger partial charge in [-0.25, -0.2) is 4.79 Å². The topological polar surface area (TPSA) is 59.8 Å². The van der Waals surface area contributed by atoms with Gasteiger partial charge in [-0.2, -0.15) is 0 Å². The van der Waals surface area contributed by atoms with Crippen LogP contribution in [0.1, 0.15) is 40.6 Å². The number of hydrogen-bond donors (Lipinski definition) is 0. The van der Waals surface area contributed by atoms with E-state index >= 15 is 0 Å². The Morgan fingerprint density at radius 2 is 1.83 bits per heavy atom. The van der Waals surface area contributed by atoms with Gasteiger partial charge in [0.2, 0.25) is 6.10 Å². The van der Waals surface area contributed by atoms with Crippen LogP contribution in [0.15, 0.2) is 47.1 Å². The van der Waals surface area contributed by atoms with Crippen LogP contribution in [0.4, 0.5) is 0 Å². The average molecular weight is 313 g/mol. The number of benzene rings is 1. The van der Waals surface area contributed by atoms with Gasteiger partial charge in [-0.3, -0.25) is 4.79 Å². The molecule has 1 saturated heterocycles. The van der Waals surface area contributed by atoms with Gasteiger partial charge < -0.3 is 14.1 Å². The molecule has 5 heteroatoms. The zero-order chi connectivity index (χ0) is 16.2. The molecular formula is C18H19NO4. The fourth-order valence-corrected chi connectivity index (χ4v) is 2.76. The van der Waals surface area contributed by atoms with Crippen molar-refractivity contribution in [3.63, 3.8) is 0 Å². The number of carbonyl (C=O) groups excluding carboxylic acids is 2. The van der Waals surface area contributed by atoms with Crippen LogP contribution in [0.25, 0.3) is 0 Å². The highest BCUT2D eigenvalue weighted by atomic mass is 16.5. The summed E-state index contributed by atoms with van der Waals surface area (Å²) in [4.78, 5) is 26.9. The van der Waals surface area contributed by atoms with E-state index in [-0.39, 0.29) is 5.91 Å². The van der Waals surface area contributed by atoms with Crippen molar-refractivity contribution in [2.45, 2.75) is 25.9 Å². The lowest BCUT2D eigenvalue weighted by Gasteiger charge is -2.23. The lowest BCUT2D eigenvalue weighted by atomic mass is 10.1. The van der Waals surface area contributed by atoms with Crippen LogP contribution in [0, 0.1) is 6.92 Å². The van der Waals surface area contributed by atoms with E-state index in [9.17, 15) is 9.59 Å². The molecule has 23 heavy (non-hydrogen) atoms. The van der Waals surface area contributed by atoms with Gasteiger partial charge in [0.15, 0.2) is 0 Å². The fraction of sp³-hybridized carbons (Fsp3) is 0.333. The molecule has 5 nitrogen and oxygen atoms in total. The number of nitrogens with zero attached hydrogens (tertiary/aromatic N) is 1. The minimum Gasteiger partial charge on any atom is -0.469 e. The van der Waals surface area contributed by atoms with Crippen LogP contribution in [0.2, 0.25) is 0 Å². The summed E-state index contributed by atoms with van der Waals surface area (Å²) in [5.41, 5.74) is 1.03. The highest BCUT2D eigenvalue weighted by molar-refractivity contribution is 5.93. The smallest absolute Gasteiger partial charge is 0.342 e. The summed E-state index contributed by atoms with van der Waals surface area (Å²) < 4.78 is 10.7. The molecule has 2 aromatic rings. The van der Waals surface area contributed by atoms with Crippen molar-refractivity contribution in [1.29, 1.82) is 0 Å². The summed E-state index contributed by atoms with van der Waals surface area (Å²) in [6.45, 7) is 3.12. The number of aryl methyl sites for hydroxylation is 1. The molecule has 2 heterocycles. The molecule has 1 aliphatic rings. The number of carbonyl (C=O) groups is 2. The monoisotopic (exact) mass is 313 g/mol. The fourth-order valence-electron chi connectivity index (χ4n) is 2.76. The number of likely N-dealkylation sites (tertiary alicyclic amines) is 1. The number of furan rings is 1. The van der Waals surface area contributed by atoms with Crippen LogP contribution >= 0.6 is 0 Å². The molecule has 120 valence electrons. The highest BCUT2D eigenvalue weighted by Crippen LogP contribution is 2.24. The number of hydrogen-bond acceptors (Lipinski definition) is 4. The van der Waals surface area contributed by atoms with Crippen LogP contribution in [0.5, 0.6) is 0 Å². The van der Waals surface area contributed by atoms with Gasteiger partial charge in [0.05, 0.1) is 6.26 Å². The molecule has 0 saturated carbocycles. The van der Waals surface area contributed by atoms with Gasteiger partial charge in [-0.05, 0) is 25.8 Å². The molecular weight excluding hydrogens is 294 g/mol.